The first-order valence-electron chi connectivity index (χ1n) is 11.9. The number of hydrogen-bond donors (Lipinski definition) is 1. The Balaban J connectivity index is 1.66. The summed E-state index contributed by atoms with van der Waals surface area (Å²) < 4.78 is 16.7. The Bertz CT molecular complexity index is 774. The SMILES string of the molecule is COCOC(C)(C)/C=C\[C@H](O)[C@@H](C)C1CCC2[C@@H](OC(=O)c3ccccc3)CCC[C@@]21C. The van der Waals surface area contributed by atoms with E-state index >= 15 is 0 Å². The summed E-state index contributed by atoms with van der Waals surface area (Å²) in [5.74, 6) is 0.614. The molecule has 5 heteroatoms. The molecule has 2 unspecified atom stereocenters. The third kappa shape index (κ3) is 5.62. The molecule has 2 aliphatic carbocycles. The molecule has 0 bridgehead atoms. The van der Waals surface area contributed by atoms with Crippen molar-refractivity contribution < 1.29 is 24.1 Å². The van der Waals surface area contributed by atoms with Crippen molar-refractivity contribution in [3.8, 4) is 0 Å². The van der Waals surface area contributed by atoms with Gasteiger partial charge in [0, 0.05) is 13.0 Å². The zero-order valence-corrected chi connectivity index (χ0v) is 20.3. The van der Waals surface area contributed by atoms with Gasteiger partial charge in [-0.25, -0.2) is 4.79 Å². The number of fused-ring (bicyclic) bond motifs is 1. The van der Waals surface area contributed by atoms with Gasteiger partial charge in [0.05, 0.1) is 17.3 Å². The lowest BCUT2D eigenvalue weighted by Gasteiger charge is -2.46. The van der Waals surface area contributed by atoms with Crippen molar-refractivity contribution in [3.63, 3.8) is 0 Å². The van der Waals surface area contributed by atoms with Crippen LogP contribution in [-0.2, 0) is 14.2 Å². The second kappa shape index (κ2) is 10.5. The Morgan fingerprint density at radius 2 is 1.97 bits per heavy atom. The fraction of sp³-hybridized carbons (Fsp3) is 0.667. The number of rotatable bonds is 9. The van der Waals surface area contributed by atoms with Crippen LogP contribution in [0.3, 0.4) is 0 Å². The summed E-state index contributed by atoms with van der Waals surface area (Å²) in [7, 11) is 1.60. The lowest BCUT2D eigenvalue weighted by Crippen LogP contribution is -2.44. The highest BCUT2D eigenvalue weighted by Gasteiger charge is 2.54. The number of carbonyl (C=O) groups excluding carboxylic acids is 1. The molecule has 6 atom stereocenters. The average Bonchev–Trinajstić information content (AvgIpc) is 3.14. The predicted molar refractivity (Wildman–Crippen MR) is 125 cm³/mol. The Kier molecular flexibility index (Phi) is 8.18. The second-order valence-electron chi connectivity index (χ2n) is 10.4. The first kappa shape index (κ1) is 24.9. The monoisotopic (exact) mass is 444 g/mol. The molecule has 0 aliphatic heterocycles. The van der Waals surface area contributed by atoms with Crippen molar-refractivity contribution >= 4 is 5.97 Å². The summed E-state index contributed by atoms with van der Waals surface area (Å²) in [5, 5.41) is 11.0. The summed E-state index contributed by atoms with van der Waals surface area (Å²) in [4.78, 5) is 12.7. The molecule has 2 saturated carbocycles. The van der Waals surface area contributed by atoms with Gasteiger partial charge in [0.25, 0.3) is 0 Å². The lowest BCUT2D eigenvalue weighted by molar-refractivity contribution is -0.0924. The van der Waals surface area contributed by atoms with Gasteiger partial charge in [-0.1, -0.05) is 44.2 Å². The van der Waals surface area contributed by atoms with E-state index < -0.39 is 11.7 Å². The third-order valence-corrected chi connectivity index (χ3v) is 7.82. The highest BCUT2D eigenvalue weighted by atomic mass is 16.7. The molecule has 3 rings (SSSR count). The van der Waals surface area contributed by atoms with Gasteiger partial charge in [-0.15, -0.1) is 0 Å². The standard InChI is InChI=1S/C27H40O5/c1-19(23(28)15-17-26(2,3)31-18-30-5)21-13-14-22-24(12-9-16-27(21,22)4)32-25(29)20-10-7-6-8-11-20/h6-8,10-11,15,17,19,21-24,28H,9,12-14,16,18H2,1-5H3/b17-15-/t19-,21?,22?,23-,24-,27+/m0/s1. The van der Waals surface area contributed by atoms with Gasteiger partial charge in [-0.2, -0.15) is 0 Å². The minimum absolute atomic E-state index is 0.0484. The van der Waals surface area contributed by atoms with Crippen molar-refractivity contribution in [2.45, 2.75) is 77.6 Å². The molecule has 0 amide bonds. The summed E-state index contributed by atoms with van der Waals surface area (Å²) in [5.41, 5.74) is 0.179. The quantitative estimate of drug-likeness (QED) is 0.315. The van der Waals surface area contributed by atoms with Gasteiger partial charge < -0.3 is 19.3 Å². The number of benzene rings is 1. The van der Waals surface area contributed by atoms with Gasteiger partial charge >= 0.3 is 5.97 Å². The summed E-state index contributed by atoms with van der Waals surface area (Å²) in [6.45, 7) is 8.63. The van der Waals surface area contributed by atoms with Crippen LogP contribution < -0.4 is 0 Å². The van der Waals surface area contributed by atoms with E-state index in [4.69, 9.17) is 14.2 Å². The Labute approximate surface area is 193 Å². The smallest absolute Gasteiger partial charge is 0.338 e. The van der Waals surface area contributed by atoms with Gasteiger partial charge in [-0.05, 0) is 75.3 Å². The molecule has 1 aromatic carbocycles. The molecule has 2 aliphatic rings. The van der Waals surface area contributed by atoms with E-state index in [9.17, 15) is 9.90 Å². The molecule has 32 heavy (non-hydrogen) atoms. The van der Waals surface area contributed by atoms with E-state index in [1.165, 1.54) is 0 Å². The van der Waals surface area contributed by atoms with Crippen molar-refractivity contribution in [3.05, 3.63) is 48.0 Å². The van der Waals surface area contributed by atoms with Gasteiger partial charge in [-0.3, -0.25) is 0 Å². The van der Waals surface area contributed by atoms with E-state index in [0.29, 0.717) is 17.4 Å². The second-order valence-corrected chi connectivity index (χ2v) is 10.4. The fourth-order valence-corrected chi connectivity index (χ4v) is 5.95. The average molecular weight is 445 g/mol. The molecule has 0 saturated heterocycles. The predicted octanol–water partition coefficient (Wildman–Crippen LogP) is 5.38. The van der Waals surface area contributed by atoms with Crippen molar-refractivity contribution in [2.75, 3.05) is 13.9 Å². The maximum atomic E-state index is 12.7. The van der Waals surface area contributed by atoms with E-state index in [1.54, 1.807) is 7.11 Å². The first-order valence-corrected chi connectivity index (χ1v) is 11.9. The number of hydrogen-bond acceptors (Lipinski definition) is 5. The minimum Gasteiger partial charge on any atom is -0.458 e. The van der Waals surface area contributed by atoms with Gasteiger partial charge in [0.2, 0.25) is 0 Å². The summed E-state index contributed by atoms with van der Waals surface area (Å²) in [6.07, 6.45) is 8.37. The van der Waals surface area contributed by atoms with Gasteiger partial charge in [0.1, 0.15) is 12.9 Å². The van der Waals surface area contributed by atoms with E-state index in [0.717, 1.165) is 32.1 Å². The molecule has 178 valence electrons. The normalized spacial score (nSPS) is 30.1. The number of carbonyl (C=O) groups is 1. The van der Waals surface area contributed by atoms with Crippen LogP contribution in [0.2, 0.25) is 0 Å². The Morgan fingerprint density at radius 1 is 1.25 bits per heavy atom. The molecule has 5 nitrogen and oxygen atoms in total. The van der Waals surface area contributed by atoms with Crippen LogP contribution in [0.1, 0.15) is 70.2 Å². The maximum absolute atomic E-state index is 12.7. The van der Waals surface area contributed by atoms with Crippen LogP contribution in [0.15, 0.2) is 42.5 Å². The fourth-order valence-electron chi connectivity index (χ4n) is 5.95. The molecule has 0 spiro atoms. The zero-order chi connectivity index (χ0) is 23.4. The van der Waals surface area contributed by atoms with Crippen LogP contribution in [0.5, 0.6) is 0 Å². The van der Waals surface area contributed by atoms with E-state index in [1.807, 2.05) is 56.3 Å². The zero-order valence-electron chi connectivity index (χ0n) is 20.3. The number of esters is 1. The first-order chi connectivity index (χ1) is 15.2. The molecular formula is C27H40O5. The van der Waals surface area contributed by atoms with Crippen LogP contribution in [0.25, 0.3) is 0 Å². The highest BCUT2D eigenvalue weighted by molar-refractivity contribution is 5.89. The summed E-state index contributed by atoms with van der Waals surface area (Å²) in [6, 6.07) is 9.26. The maximum Gasteiger partial charge on any atom is 0.338 e. The molecule has 1 N–H and O–H groups in total. The Morgan fingerprint density at radius 3 is 2.66 bits per heavy atom. The van der Waals surface area contributed by atoms with Crippen molar-refractivity contribution in [1.29, 1.82) is 0 Å². The lowest BCUT2D eigenvalue weighted by atomic mass is 9.61. The molecule has 0 aromatic heterocycles. The van der Waals surface area contributed by atoms with Crippen LogP contribution in [-0.4, -0.2) is 42.8 Å². The molecular weight excluding hydrogens is 404 g/mol. The topological polar surface area (TPSA) is 65.0 Å². The third-order valence-electron chi connectivity index (χ3n) is 7.82. The molecule has 0 radical (unpaired) electrons. The van der Waals surface area contributed by atoms with Crippen molar-refractivity contribution in [1.82, 2.24) is 0 Å². The number of ether oxygens (including phenoxy) is 3. The van der Waals surface area contributed by atoms with Crippen LogP contribution in [0.4, 0.5) is 0 Å². The molecule has 1 aromatic rings. The minimum atomic E-state index is -0.548. The number of aliphatic hydroxyl groups excluding tert-OH is 1. The molecule has 2 fully saturated rings. The number of methoxy groups -OCH3 is 1. The van der Waals surface area contributed by atoms with Gasteiger partial charge in [0.15, 0.2) is 0 Å². The highest BCUT2D eigenvalue weighted by Crippen LogP contribution is 2.58. The van der Waals surface area contributed by atoms with Crippen LogP contribution in [0, 0.1) is 23.2 Å². The van der Waals surface area contributed by atoms with E-state index in [2.05, 4.69) is 13.8 Å². The van der Waals surface area contributed by atoms with Crippen molar-refractivity contribution in [2.24, 2.45) is 23.2 Å². The molecule has 0 heterocycles. The number of aliphatic hydroxyl groups is 1. The van der Waals surface area contributed by atoms with E-state index in [-0.39, 0.29) is 30.2 Å². The largest absolute Gasteiger partial charge is 0.458 e. The Hall–Kier alpha value is -1.69. The van der Waals surface area contributed by atoms with Crippen LogP contribution >= 0.6 is 0 Å². The summed E-state index contributed by atoms with van der Waals surface area (Å²) >= 11 is 0.